The van der Waals surface area contributed by atoms with E-state index in [1.807, 2.05) is 22.7 Å². The van der Waals surface area contributed by atoms with E-state index in [0.717, 1.165) is 0 Å². The monoisotopic (exact) mass is 494 g/mol. The van der Waals surface area contributed by atoms with Crippen LogP contribution in [0.5, 0.6) is 0 Å². The van der Waals surface area contributed by atoms with Crippen LogP contribution in [0.25, 0.3) is 66.0 Å². The first-order valence-corrected chi connectivity index (χ1v) is 13.7. The van der Waals surface area contributed by atoms with Gasteiger partial charge in [0.1, 0.15) is 0 Å². The van der Waals surface area contributed by atoms with Gasteiger partial charge in [-0.1, -0.05) is 72.8 Å². The van der Waals surface area contributed by atoms with Crippen molar-refractivity contribution in [2.45, 2.75) is 0 Å². The second-order valence-corrected chi connectivity index (χ2v) is 11.3. The summed E-state index contributed by atoms with van der Waals surface area (Å²) in [4.78, 5) is 2.57. The number of thiophene rings is 2. The zero-order valence-electron chi connectivity index (χ0n) is 19.5. The molecule has 0 nitrogen and oxygen atoms in total. The highest BCUT2D eigenvalue weighted by Crippen LogP contribution is 2.36. The highest BCUT2D eigenvalue weighted by molar-refractivity contribution is 7.20. The SMILES string of the molecule is C(=C\c1cc2cc3cc4cc5cc(/C=C/c6ccccc6)sc5cc4cc3cc2s1)/c1ccccc1. The lowest BCUT2D eigenvalue weighted by Crippen LogP contribution is -1.77. The van der Waals surface area contributed by atoms with Gasteiger partial charge in [-0.15, -0.1) is 22.7 Å². The standard InChI is InChI=1S/C34H22S2/c1-3-7-23(8-4-1)11-13-31-19-29-17-25-15-26-18-30-20-32(14-12-24-9-5-2-6-10-24)36-34(30)22-28(26)16-27(25)21-33(29)35-31/h1-22H/b13-11+,14-12+. The Hall–Kier alpha value is -3.98. The van der Waals surface area contributed by atoms with E-state index in [0.29, 0.717) is 0 Å². The van der Waals surface area contributed by atoms with Gasteiger partial charge in [-0.3, -0.25) is 0 Å². The number of benzene rings is 5. The molecule has 0 saturated carbocycles. The number of fused-ring (bicyclic) bond motifs is 4. The van der Waals surface area contributed by atoms with E-state index in [-0.39, 0.29) is 0 Å². The third-order valence-electron chi connectivity index (χ3n) is 6.58. The molecule has 7 rings (SSSR count). The molecule has 0 aliphatic rings. The van der Waals surface area contributed by atoms with E-state index in [1.165, 1.54) is 62.6 Å². The molecule has 0 atom stereocenters. The molecule has 2 aromatic heterocycles. The van der Waals surface area contributed by atoms with E-state index in [9.17, 15) is 0 Å². The Kier molecular flexibility index (Phi) is 5.27. The summed E-state index contributed by atoms with van der Waals surface area (Å²) in [6, 6.07) is 39.6. The van der Waals surface area contributed by atoms with Crippen LogP contribution in [0.1, 0.15) is 20.9 Å². The van der Waals surface area contributed by atoms with Crippen LogP contribution in [0.4, 0.5) is 0 Å². The zero-order chi connectivity index (χ0) is 23.9. The lowest BCUT2D eigenvalue weighted by atomic mass is 10.0. The molecule has 0 aliphatic heterocycles. The molecule has 170 valence electrons. The Labute approximate surface area is 218 Å². The molecule has 0 spiro atoms. The minimum atomic E-state index is 1.23. The van der Waals surface area contributed by atoms with Crippen molar-refractivity contribution in [1.29, 1.82) is 0 Å². The summed E-state index contributed by atoms with van der Waals surface area (Å²) >= 11 is 3.71. The van der Waals surface area contributed by atoms with E-state index >= 15 is 0 Å². The summed E-state index contributed by atoms with van der Waals surface area (Å²) in [5, 5.41) is 7.82. The van der Waals surface area contributed by atoms with Gasteiger partial charge < -0.3 is 0 Å². The van der Waals surface area contributed by atoms with Crippen molar-refractivity contribution in [2.75, 3.05) is 0 Å². The lowest BCUT2D eigenvalue weighted by Gasteiger charge is -2.04. The van der Waals surface area contributed by atoms with Gasteiger partial charge in [-0.25, -0.2) is 0 Å². The van der Waals surface area contributed by atoms with Crippen LogP contribution in [0.15, 0.2) is 109 Å². The topological polar surface area (TPSA) is 0 Å². The first-order valence-electron chi connectivity index (χ1n) is 12.1. The minimum Gasteiger partial charge on any atom is -0.136 e. The smallest absolute Gasteiger partial charge is 0.0355 e. The molecule has 0 fully saturated rings. The molecule has 5 aromatic carbocycles. The van der Waals surface area contributed by atoms with Crippen molar-refractivity contribution in [3.8, 4) is 0 Å². The predicted molar refractivity (Wildman–Crippen MR) is 163 cm³/mol. The average Bonchev–Trinajstić information content (AvgIpc) is 3.50. The van der Waals surface area contributed by atoms with Gasteiger partial charge in [0.2, 0.25) is 0 Å². The van der Waals surface area contributed by atoms with Crippen LogP contribution in [0.3, 0.4) is 0 Å². The molecule has 0 radical (unpaired) electrons. The Morgan fingerprint density at radius 1 is 0.361 bits per heavy atom. The average molecular weight is 495 g/mol. The zero-order valence-corrected chi connectivity index (χ0v) is 21.2. The second kappa shape index (κ2) is 8.91. The van der Waals surface area contributed by atoms with Crippen LogP contribution in [-0.2, 0) is 0 Å². The molecule has 0 N–H and O–H groups in total. The van der Waals surface area contributed by atoms with Crippen LogP contribution in [0.2, 0.25) is 0 Å². The van der Waals surface area contributed by atoms with Gasteiger partial charge in [-0.2, -0.15) is 0 Å². The summed E-state index contributed by atoms with van der Waals surface area (Å²) < 4.78 is 2.67. The Balaban J connectivity index is 1.26. The molecule has 0 bridgehead atoms. The maximum Gasteiger partial charge on any atom is 0.0355 e. The van der Waals surface area contributed by atoms with Crippen molar-refractivity contribution in [3.63, 3.8) is 0 Å². The largest absolute Gasteiger partial charge is 0.136 e. The van der Waals surface area contributed by atoms with Gasteiger partial charge >= 0.3 is 0 Å². The molecule has 0 unspecified atom stereocenters. The number of hydrogen-bond acceptors (Lipinski definition) is 2. The van der Waals surface area contributed by atoms with E-state index in [2.05, 4.69) is 133 Å². The fourth-order valence-corrected chi connectivity index (χ4v) is 6.76. The van der Waals surface area contributed by atoms with Crippen LogP contribution >= 0.6 is 22.7 Å². The van der Waals surface area contributed by atoms with Crippen molar-refractivity contribution in [3.05, 3.63) is 130 Å². The summed E-state index contributed by atoms with van der Waals surface area (Å²) in [5.74, 6) is 0. The van der Waals surface area contributed by atoms with E-state index < -0.39 is 0 Å². The maximum atomic E-state index is 2.35. The van der Waals surface area contributed by atoms with Crippen molar-refractivity contribution >= 4 is 88.7 Å². The third-order valence-corrected chi connectivity index (χ3v) is 8.71. The van der Waals surface area contributed by atoms with E-state index in [1.54, 1.807) is 0 Å². The summed E-state index contributed by atoms with van der Waals surface area (Å²) in [6.07, 6.45) is 8.82. The quantitative estimate of drug-likeness (QED) is 0.213. The summed E-state index contributed by atoms with van der Waals surface area (Å²) in [5.41, 5.74) is 2.45. The third kappa shape index (κ3) is 4.15. The van der Waals surface area contributed by atoms with Gasteiger partial charge in [-0.05, 0) is 104 Å². The first-order chi connectivity index (χ1) is 17.8. The summed E-state index contributed by atoms with van der Waals surface area (Å²) in [6.45, 7) is 0. The molecule has 2 heterocycles. The van der Waals surface area contributed by atoms with Gasteiger partial charge in [0.15, 0.2) is 0 Å². The molecule has 2 heteroatoms. The van der Waals surface area contributed by atoms with E-state index in [4.69, 9.17) is 0 Å². The number of rotatable bonds is 4. The molecule has 0 saturated heterocycles. The van der Waals surface area contributed by atoms with Crippen molar-refractivity contribution < 1.29 is 0 Å². The molecular weight excluding hydrogens is 473 g/mol. The molecule has 7 aromatic rings. The van der Waals surface area contributed by atoms with Crippen molar-refractivity contribution in [2.24, 2.45) is 0 Å². The highest BCUT2D eigenvalue weighted by Gasteiger charge is 2.07. The van der Waals surface area contributed by atoms with Crippen LogP contribution in [-0.4, -0.2) is 0 Å². The number of hydrogen-bond donors (Lipinski definition) is 0. The van der Waals surface area contributed by atoms with Gasteiger partial charge in [0.25, 0.3) is 0 Å². The lowest BCUT2D eigenvalue weighted by molar-refractivity contribution is 1.67. The van der Waals surface area contributed by atoms with Gasteiger partial charge in [0, 0.05) is 19.2 Å². The Morgan fingerprint density at radius 3 is 1.19 bits per heavy atom. The highest BCUT2D eigenvalue weighted by atomic mass is 32.1. The minimum absolute atomic E-state index is 1.23. The second-order valence-electron chi connectivity index (χ2n) is 9.11. The Bertz CT molecular complexity index is 1690. The maximum absolute atomic E-state index is 2.35. The van der Waals surface area contributed by atoms with Crippen LogP contribution < -0.4 is 0 Å². The van der Waals surface area contributed by atoms with Crippen molar-refractivity contribution in [1.82, 2.24) is 0 Å². The molecule has 0 aliphatic carbocycles. The first kappa shape index (κ1) is 21.3. The normalized spacial score (nSPS) is 12.2. The molecular formula is C34H22S2. The fraction of sp³-hybridized carbons (Fsp3) is 0. The summed E-state index contributed by atoms with van der Waals surface area (Å²) in [7, 11) is 0. The Morgan fingerprint density at radius 2 is 0.750 bits per heavy atom. The predicted octanol–water partition coefficient (Wildman–Crippen LogP) is 10.8. The molecule has 0 amide bonds. The fourth-order valence-electron chi connectivity index (χ4n) is 4.77. The van der Waals surface area contributed by atoms with Crippen LogP contribution in [0, 0.1) is 0 Å². The van der Waals surface area contributed by atoms with Gasteiger partial charge in [0.05, 0.1) is 0 Å². The molecule has 36 heavy (non-hydrogen) atoms.